The molecule has 0 aliphatic carbocycles. The van der Waals surface area contributed by atoms with Crippen LogP contribution in [0, 0.1) is 0 Å². The fourth-order valence-electron chi connectivity index (χ4n) is 1.55. The van der Waals surface area contributed by atoms with E-state index in [1.807, 2.05) is 30.3 Å². The normalized spacial score (nSPS) is 9.94. The van der Waals surface area contributed by atoms with Crippen molar-refractivity contribution in [2.75, 3.05) is 12.8 Å². The van der Waals surface area contributed by atoms with Gasteiger partial charge in [-0.05, 0) is 11.6 Å². The first-order valence-corrected chi connectivity index (χ1v) is 5.11. The minimum absolute atomic E-state index is 0.251. The van der Waals surface area contributed by atoms with Gasteiger partial charge in [0.05, 0.1) is 19.0 Å². The topological polar surface area (TPSA) is 65.2 Å². The maximum Gasteiger partial charge on any atom is 0.356 e. The molecule has 1 aromatic heterocycles. The number of nitrogens with zero attached hydrogens (tertiary/aromatic N) is 1. The maximum atomic E-state index is 11.4. The molecule has 1 aromatic carbocycles. The Morgan fingerprint density at radius 3 is 2.65 bits per heavy atom. The molecular weight excluding hydrogens is 216 g/mol. The van der Waals surface area contributed by atoms with Gasteiger partial charge in [-0.15, -0.1) is 0 Å². The SMILES string of the molecule is COC(=O)c1cc(-c2ccccc2)c(N)cn1. The van der Waals surface area contributed by atoms with Gasteiger partial charge in [-0.2, -0.15) is 0 Å². The third-order valence-corrected chi connectivity index (χ3v) is 2.41. The zero-order valence-electron chi connectivity index (χ0n) is 9.38. The van der Waals surface area contributed by atoms with Gasteiger partial charge in [-0.1, -0.05) is 30.3 Å². The smallest absolute Gasteiger partial charge is 0.356 e. The third-order valence-electron chi connectivity index (χ3n) is 2.41. The molecule has 2 N–H and O–H groups in total. The predicted octanol–water partition coefficient (Wildman–Crippen LogP) is 2.12. The fraction of sp³-hybridized carbons (Fsp3) is 0.0769. The van der Waals surface area contributed by atoms with E-state index in [0.717, 1.165) is 11.1 Å². The van der Waals surface area contributed by atoms with Crippen molar-refractivity contribution in [3.63, 3.8) is 0 Å². The summed E-state index contributed by atoms with van der Waals surface area (Å²) in [4.78, 5) is 15.3. The highest BCUT2D eigenvalue weighted by Crippen LogP contribution is 2.25. The molecule has 0 atom stereocenters. The summed E-state index contributed by atoms with van der Waals surface area (Å²) in [6, 6.07) is 11.2. The van der Waals surface area contributed by atoms with Gasteiger partial charge in [-0.25, -0.2) is 9.78 Å². The summed E-state index contributed by atoms with van der Waals surface area (Å²) in [5, 5.41) is 0. The van der Waals surface area contributed by atoms with Crippen LogP contribution in [0.25, 0.3) is 11.1 Å². The number of nitrogens with two attached hydrogens (primary N) is 1. The molecule has 86 valence electrons. The quantitative estimate of drug-likeness (QED) is 0.799. The zero-order valence-corrected chi connectivity index (χ0v) is 9.38. The lowest BCUT2D eigenvalue weighted by atomic mass is 10.0. The predicted molar refractivity (Wildman–Crippen MR) is 65.4 cm³/mol. The van der Waals surface area contributed by atoms with E-state index in [-0.39, 0.29) is 5.69 Å². The van der Waals surface area contributed by atoms with Crippen molar-refractivity contribution < 1.29 is 9.53 Å². The molecule has 0 fully saturated rings. The number of rotatable bonds is 2. The number of esters is 1. The zero-order chi connectivity index (χ0) is 12.3. The Hall–Kier alpha value is -2.36. The van der Waals surface area contributed by atoms with Gasteiger partial charge in [0.25, 0.3) is 0 Å². The number of aromatic nitrogens is 1. The third kappa shape index (κ3) is 2.25. The van der Waals surface area contributed by atoms with Crippen LogP contribution in [0.5, 0.6) is 0 Å². The summed E-state index contributed by atoms with van der Waals surface area (Å²) in [5.74, 6) is -0.470. The minimum atomic E-state index is -0.470. The number of benzene rings is 1. The highest BCUT2D eigenvalue weighted by molar-refractivity contribution is 5.90. The molecule has 2 rings (SSSR count). The Kier molecular flexibility index (Phi) is 3.05. The van der Waals surface area contributed by atoms with Crippen molar-refractivity contribution in [3.8, 4) is 11.1 Å². The summed E-state index contributed by atoms with van der Waals surface area (Å²) in [5.41, 5.74) is 8.35. The molecule has 0 radical (unpaired) electrons. The number of pyridine rings is 1. The van der Waals surface area contributed by atoms with E-state index in [4.69, 9.17) is 5.73 Å². The van der Waals surface area contributed by atoms with E-state index < -0.39 is 5.97 Å². The van der Waals surface area contributed by atoms with Crippen LogP contribution in [-0.4, -0.2) is 18.1 Å². The van der Waals surface area contributed by atoms with Crippen LogP contribution >= 0.6 is 0 Å². The van der Waals surface area contributed by atoms with Gasteiger partial charge in [0.15, 0.2) is 0 Å². The number of carbonyl (C=O) groups is 1. The molecule has 0 unspecified atom stereocenters. The van der Waals surface area contributed by atoms with Crippen LogP contribution in [0.1, 0.15) is 10.5 Å². The second-order valence-corrected chi connectivity index (χ2v) is 3.51. The summed E-state index contributed by atoms with van der Waals surface area (Å²) in [7, 11) is 1.32. The second-order valence-electron chi connectivity index (χ2n) is 3.51. The largest absolute Gasteiger partial charge is 0.464 e. The van der Waals surface area contributed by atoms with E-state index in [1.54, 1.807) is 6.07 Å². The number of nitrogen functional groups attached to an aromatic ring is 1. The molecule has 0 spiro atoms. The molecule has 0 amide bonds. The van der Waals surface area contributed by atoms with Crippen LogP contribution in [0.2, 0.25) is 0 Å². The van der Waals surface area contributed by atoms with Gasteiger partial charge in [0.1, 0.15) is 5.69 Å². The van der Waals surface area contributed by atoms with Crippen LogP contribution in [-0.2, 0) is 4.74 Å². The van der Waals surface area contributed by atoms with Crippen molar-refractivity contribution in [2.24, 2.45) is 0 Å². The minimum Gasteiger partial charge on any atom is -0.464 e. The first kappa shape index (κ1) is 11.1. The molecule has 4 nitrogen and oxygen atoms in total. The maximum absolute atomic E-state index is 11.4. The Labute approximate surface area is 99.1 Å². The molecule has 0 saturated heterocycles. The molecule has 0 saturated carbocycles. The van der Waals surface area contributed by atoms with Crippen molar-refractivity contribution >= 4 is 11.7 Å². The molecule has 2 aromatic rings. The highest BCUT2D eigenvalue weighted by Gasteiger charge is 2.10. The molecule has 4 heteroatoms. The first-order valence-electron chi connectivity index (χ1n) is 5.11. The van der Waals surface area contributed by atoms with Gasteiger partial charge in [-0.3, -0.25) is 0 Å². The van der Waals surface area contributed by atoms with Crippen molar-refractivity contribution in [3.05, 3.63) is 48.3 Å². The standard InChI is InChI=1S/C13H12N2O2/c1-17-13(16)12-7-10(11(14)8-15-12)9-5-3-2-4-6-9/h2-8H,14H2,1H3. The molecule has 1 heterocycles. The van der Waals surface area contributed by atoms with Crippen LogP contribution in [0.4, 0.5) is 5.69 Å². The lowest BCUT2D eigenvalue weighted by Crippen LogP contribution is -2.05. The Morgan fingerprint density at radius 2 is 2.00 bits per heavy atom. The molecular formula is C13H12N2O2. The summed E-state index contributed by atoms with van der Waals surface area (Å²) < 4.78 is 4.62. The lowest BCUT2D eigenvalue weighted by Gasteiger charge is -2.07. The number of hydrogen-bond acceptors (Lipinski definition) is 4. The average molecular weight is 228 g/mol. The Balaban J connectivity index is 2.50. The van der Waals surface area contributed by atoms with Gasteiger partial charge < -0.3 is 10.5 Å². The van der Waals surface area contributed by atoms with E-state index in [2.05, 4.69) is 9.72 Å². The number of hydrogen-bond donors (Lipinski definition) is 1. The van der Waals surface area contributed by atoms with E-state index in [0.29, 0.717) is 5.69 Å². The van der Waals surface area contributed by atoms with Gasteiger partial charge in [0.2, 0.25) is 0 Å². The Bertz CT molecular complexity index is 538. The summed E-state index contributed by atoms with van der Waals surface area (Å²) >= 11 is 0. The molecule has 0 bridgehead atoms. The van der Waals surface area contributed by atoms with Crippen molar-refractivity contribution in [2.45, 2.75) is 0 Å². The van der Waals surface area contributed by atoms with E-state index >= 15 is 0 Å². The van der Waals surface area contributed by atoms with Crippen LogP contribution in [0.3, 0.4) is 0 Å². The number of carbonyl (C=O) groups excluding carboxylic acids is 1. The van der Waals surface area contributed by atoms with E-state index in [9.17, 15) is 4.79 Å². The van der Waals surface area contributed by atoms with Crippen molar-refractivity contribution in [1.82, 2.24) is 4.98 Å². The number of ether oxygens (including phenoxy) is 1. The molecule has 0 aliphatic heterocycles. The molecule has 17 heavy (non-hydrogen) atoms. The van der Waals surface area contributed by atoms with Gasteiger partial charge in [0, 0.05) is 5.56 Å². The van der Waals surface area contributed by atoms with Crippen LogP contribution < -0.4 is 5.73 Å². The average Bonchev–Trinajstić information content (AvgIpc) is 2.39. The van der Waals surface area contributed by atoms with Crippen molar-refractivity contribution in [1.29, 1.82) is 0 Å². The van der Waals surface area contributed by atoms with Gasteiger partial charge >= 0.3 is 5.97 Å². The lowest BCUT2D eigenvalue weighted by molar-refractivity contribution is 0.0594. The Morgan fingerprint density at radius 1 is 1.29 bits per heavy atom. The molecule has 0 aliphatic rings. The second kappa shape index (κ2) is 4.65. The summed E-state index contributed by atoms with van der Waals surface area (Å²) in [6.45, 7) is 0. The van der Waals surface area contributed by atoms with E-state index in [1.165, 1.54) is 13.3 Å². The first-order chi connectivity index (χ1) is 8.22. The number of anilines is 1. The summed E-state index contributed by atoms with van der Waals surface area (Å²) in [6.07, 6.45) is 1.47. The number of methoxy groups -OCH3 is 1. The van der Waals surface area contributed by atoms with Crippen LogP contribution in [0.15, 0.2) is 42.6 Å². The highest BCUT2D eigenvalue weighted by atomic mass is 16.5. The fourth-order valence-corrected chi connectivity index (χ4v) is 1.55. The monoisotopic (exact) mass is 228 g/mol.